The van der Waals surface area contributed by atoms with Crippen LogP contribution < -0.4 is 4.74 Å². The average Bonchev–Trinajstić information content (AvgIpc) is 3.28. The molecule has 3 aliphatic carbocycles. The third-order valence-corrected chi connectivity index (χ3v) is 8.99. The number of methoxy groups -OCH3 is 1. The van der Waals surface area contributed by atoms with E-state index < -0.39 is 0 Å². The van der Waals surface area contributed by atoms with Crippen molar-refractivity contribution in [2.45, 2.75) is 50.4 Å². The minimum Gasteiger partial charge on any atom is -0.497 e. The monoisotopic (exact) mass is 374 g/mol. The lowest BCUT2D eigenvalue weighted by molar-refractivity contribution is 0.107. The van der Waals surface area contributed by atoms with Crippen LogP contribution in [0.5, 0.6) is 5.75 Å². The summed E-state index contributed by atoms with van der Waals surface area (Å²) < 4.78 is 7.04. The summed E-state index contributed by atoms with van der Waals surface area (Å²) in [5.74, 6) is 3.38. The molecule has 1 saturated carbocycles. The lowest BCUT2D eigenvalue weighted by Crippen LogP contribution is -2.43. The molecule has 138 valence electrons. The fourth-order valence-electron chi connectivity index (χ4n) is 6.80. The van der Waals surface area contributed by atoms with Crippen LogP contribution in [0, 0.1) is 11.8 Å². The van der Waals surface area contributed by atoms with E-state index in [1.54, 1.807) is 28.5 Å². The van der Waals surface area contributed by atoms with Crippen LogP contribution in [0.2, 0.25) is 0 Å². The summed E-state index contributed by atoms with van der Waals surface area (Å²) >= 11 is 1.96. The lowest BCUT2D eigenvalue weighted by Gasteiger charge is -2.49. The van der Waals surface area contributed by atoms with E-state index in [0.717, 1.165) is 23.5 Å². The Hall–Kier alpha value is -1.80. The van der Waals surface area contributed by atoms with Gasteiger partial charge >= 0.3 is 0 Å². The highest BCUT2D eigenvalue weighted by atomic mass is 32.1. The van der Waals surface area contributed by atoms with Crippen LogP contribution in [0.15, 0.2) is 41.8 Å². The molecule has 0 N–H and O–H groups in total. The van der Waals surface area contributed by atoms with Gasteiger partial charge < -0.3 is 4.74 Å². The molecule has 1 fully saturated rings. The van der Waals surface area contributed by atoms with Gasteiger partial charge in [-0.2, -0.15) is 0 Å². The third-order valence-electron chi connectivity index (χ3n) is 8.04. The summed E-state index contributed by atoms with van der Waals surface area (Å²) in [7, 11) is 1.78. The average molecular weight is 375 g/mol. The van der Waals surface area contributed by atoms with Crippen molar-refractivity contribution < 1.29 is 4.74 Å². The highest BCUT2D eigenvalue weighted by Crippen LogP contribution is 2.61. The summed E-state index contributed by atoms with van der Waals surface area (Å²) in [4.78, 5) is 0. The zero-order valence-corrected chi connectivity index (χ0v) is 16.9. The van der Waals surface area contributed by atoms with Crippen LogP contribution in [-0.4, -0.2) is 7.11 Å². The molecule has 27 heavy (non-hydrogen) atoms. The van der Waals surface area contributed by atoms with E-state index in [9.17, 15) is 0 Å². The van der Waals surface area contributed by atoms with Crippen LogP contribution in [0.4, 0.5) is 0 Å². The van der Waals surface area contributed by atoms with Gasteiger partial charge in [0.25, 0.3) is 0 Å². The van der Waals surface area contributed by atoms with Gasteiger partial charge in [-0.25, -0.2) is 0 Å². The third kappa shape index (κ3) is 2.11. The van der Waals surface area contributed by atoms with Crippen molar-refractivity contribution >= 4 is 21.4 Å². The normalized spacial score (nSPS) is 31.1. The first kappa shape index (κ1) is 16.2. The van der Waals surface area contributed by atoms with Crippen LogP contribution in [0.1, 0.15) is 54.4 Å². The molecule has 4 atom stereocenters. The van der Waals surface area contributed by atoms with Crippen LogP contribution in [0.3, 0.4) is 0 Å². The van der Waals surface area contributed by atoms with Crippen LogP contribution in [-0.2, 0) is 18.3 Å². The van der Waals surface area contributed by atoms with Crippen LogP contribution in [0.25, 0.3) is 10.1 Å². The van der Waals surface area contributed by atoms with Gasteiger partial charge in [-0.05, 0) is 106 Å². The highest BCUT2D eigenvalue weighted by molar-refractivity contribution is 7.17. The Morgan fingerprint density at radius 2 is 2.00 bits per heavy atom. The molecular formula is C25H26OS. The molecule has 6 rings (SSSR count). The molecule has 0 aliphatic heterocycles. The van der Waals surface area contributed by atoms with E-state index in [-0.39, 0.29) is 0 Å². The maximum Gasteiger partial charge on any atom is 0.119 e. The second-order valence-electron chi connectivity index (χ2n) is 9.08. The van der Waals surface area contributed by atoms with Crippen molar-refractivity contribution in [3.05, 3.63) is 64.0 Å². The van der Waals surface area contributed by atoms with Gasteiger partial charge in [0.15, 0.2) is 0 Å². The second kappa shape index (κ2) is 5.61. The van der Waals surface area contributed by atoms with Crippen molar-refractivity contribution in [2.75, 3.05) is 7.11 Å². The molecule has 1 aromatic heterocycles. The van der Waals surface area contributed by atoms with Crippen molar-refractivity contribution in [2.24, 2.45) is 11.8 Å². The zero-order valence-electron chi connectivity index (χ0n) is 16.1. The Balaban J connectivity index is 1.44. The molecule has 3 aliphatic rings. The van der Waals surface area contributed by atoms with E-state index in [1.165, 1.54) is 43.1 Å². The van der Waals surface area contributed by atoms with E-state index in [0.29, 0.717) is 5.41 Å². The Bertz CT molecular complexity index is 1050. The standard InChI is InChI=1S/C25H26OS/c1-25-11-9-20-19-8-6-18(26-2)13-16(19)5-7-21(20)22(25)14-17-4-3-15-10-12-27-24(15)23(17)25/h3-4,6,8,10,12-13,20-22H,5,7,9,11,14H2,1-2H3/t20-,21-,22+,25+/m1/s1. The largest absolute Gasteiger partial charge is 0.497 e. The SMILES string of the molecule is COc1ccc2c(c1)CC[C@@H]1[C@@H]2CC[C@]2(C)c3c(ccc4ccsc34)C[C@@H]12. The Morgan fingerprint density at radius 3 is 2.89 bits per heavy atom. The first-order valence-corrected chi connectivity index (χ1v) is 11.2. The lowest BCUT2D eigenvalue weighted by atomic mass is 9.55. The topological polar surface area (TPSA) is 9.23 Å². The number of ether oxygens (including phenoxy) is 1. The van der Waals surface area contributed by atoms with Gasteiger partial charge in [0.1, 0.15) is 5.75 Å². The van der Waals surface area contributed by atoms with Gasteiger partial charge in [-0.15, -0.1) is 11.3 Å². The summed E-state index contributed by atoms with van der Waals surface area (Å²) in [5, 5.41) is 3.72. The van der Waals surface area contributed by atoms with Gasteiger partial charge in [-0.1, -0.05) is 25.1 Å². The summed E-state index contributed by atoms with van der Waals surface area (Å²) in [6.45, 7) is 2.59. The molecule has 2 heteroatoms. The van der Waals surface area contributed by atoms with Crippen molar-refractivity contribution in [1.29, 1.82) is 0 Å². The van der Waals surface area contributed by atoms with Gasteiger partial charge in [0.05, 0.1) is 7.11 Å². The predicted octanol–water partition coefficient (Wildman–Crippen LogP) is 6.48. The first-order chi connectivity index (χ1) is 13.2. The molecule has 3 aromatic rings. The highest BCUT2D eigenvalue weighted by Gasteiger charge is 2.53. The number of rotatable bonds is 1. The van der Waals surface area contributed by atoms with Crippen molar-refractivity contribution in [1.82, 2.24) is 0 Å². The molecule has 0 spiro atoms. The summed E-state index contributed by atoms with van der Waals surface area (Å²) in [5.41, 5.74) is 6.87. The Morgan fingerprint density at radius 1 is 1.07 bits per heavy atom. The minimum absolute atomic E-state index is 0.366. The summed E-state index contributed by atoms with van der Waals surface area (Å²) in [6, 6.07) is 13.9. The quantitative estimate of drug-likeness (QED) is 0.474. The van der Waals surface area contributed by atoms with E-state index in [2.05, 4.69) is 48.7 Å². The van der Waals surface area contributed by atoms with E-state index in [1.807, 2.05) is 11.3 Å². The van der Waals surface area contributed by atoms with E-state index >= 15 is 0 Å². The van der Waals surface area contributed by atoms with Gasteiger partial charge in [0.2, 0.25) is 0 Å². The van der Waals surface area contributed by atoms with Crippen molar-refractivity contribution in [3.8, 4) is 5.75 Å². The molecule has 0 bridgehead atoms. The molecule has 0 radical (unpaired) electrons. The molecule has 2 aromatic carbocycles. The number of benzene rings is 2. The second-order valence-corrected chi connectivity index (χ2v) is 10.00. The molecule has 1 heterocycles. The molecule has 0 amide bonds. The number of fused-ring (bicyclic) bond motifs is 9. The predicted molar refractivity (Wildman–Crippen MR) is 113 cm³/mol. The molecular weight excluding hydrogens is 348 g/mol. The fraction of sp³-hybridized carbons (Fsp3) is 0.440. The Labute approximate surface area is 165 Å². The van der Waals surface area contributed by atoms with E-state index in [4.69, 9.17) is 4.74 Å². The Kier molecular flexibility index (Phi) is 3.36. The fourth-order valence-corrected chi connectivity index (χ4v) is 7.90. The zero-order chi connectivity index (χ0) is 18.2. The number of hydrogen-bond donors (Lipinski definition) is 0. The minimum atomic E-state index is 0.366. The maximum atomic E-state index is 5.48. The van der Waals surface area contributed by atoms with Crippen molar-refractivity contribution in [3.63, 3.8) is 0 Å². The summed E-state index contributed by atoms with van der Waals surface area (Å²) in [6.07, 6.45) is 6.50. The number of thiophene rings is 1. The van der Waals surface area contributed by atoms with Gasteiger partial charge in [0, 0.05) is 4.70 Å². The number of hydrogen-bond acceptors (Lipinski definition) is 2. The number of aryl methyl sites for hydroxylation is 1. The molecule has 0 unspecified atom stereocenters. The first-order valence-electron chi connectivity index (χ1n) is 10.4. The molecule has 1 nitrogen and oxygen atoms in total. The smallest absolute Gasteiger partial charge is 0.119 e. The van der Waals surface area contributed by atoms with Gasteiger partial charge in [-0.3, -0.25) is 0 Å². The molecule has 0 saturated heterocycles. The van der Waals surface area contributed by atoms with Crippen LogP contribution >= 0.6 is 11.3 Å². The maximum absolute atomic E-state index is 5.48.